The van der Waals surface area contributed by atoms with Crippen molar-refractivity contribution in [2.45, 2.75) is 6.92 Å². The van der Waals surface area contributed by atoms with Crippen molar-refractivity contribution in [3.05, 3.63) is 47.5 Å². The van der Waals surface area contributed by atoms with Gasteiger partial charge in [-0.15, -0.1) is 0 Å². The van der Waals surface area contributed by atoms with Crippen LogP contribution >= 0.6 is 0 Å². The maximum absolute atomic E-state index is 11.4. The molecular weight excluding hydrogens is 268 g/mol. The molecule has 2 N–H and O–H groups in total. The van der Waals surface area contributed by atoms with Gasteiger partial charge in [0.25, 0.3) is 5.91 Å². The van der Waals surface area contributed by atoms with Crippen LogP contribution in [0.5, 0.6) is 0 Å². The van der Waals surface area contributed by atoms with E-state index in [1.165, 1.54) is 6.20 Å². The summed E-state index contributed by atoms with van der Waals surface area (Å²) >= 11 is 0. The number of carbonyl (C=O) groups excluding carboxylic acids is 1. The van der Waals surface area contributed by atoms with Crippen molar-refractivity contribution in [3.8, 4) is 17.3 Å². The number of primary amides is 1. The van der Waals surface area contributed by atoms with Gasteiger partial charge in [-0.1, -0.05) is 0 Å². The largest absolute Gasteiger partial charge is 0.365 e. The molecule has 21 heavy (non-hydrogen) atoms. The average molecular weight is 278 g/mol. The minimum absolute atomic E-state index is 0.265. The van der Waals surface area contributed by atoms with Gasteiger partial charge in [-0.05, 0) is 25.1 Å². The predicted octanol–water partition coefficient (Wildman–Crippen LogP) is 1.07. The summed E-state index contributed by atoms with van der Waals surface area (Å²) in [7, 11) is 0. The lowest BCUT2D eigenvalue weighted by molar-refractivity contribution is 0.100. The number of aromatic nitrogens is 4. The van der Waals surface area contributed by atoms with Crippen molar-refractivity contribution in [3.63, 3.8) is 0 Å². The third-order valence-electron chi connectivity index (χ3n) is 3.09. The molecule has 0 unspecified atom stereocenters. The van der Waals surface area contributed by atoms with Gasteiger partial charge in [0.15, 0.2) is 5.65 Å². The number of fused-ring (bicyclic) bond motifs is 1. The van der Waals surface area contributed by atoms with Gasteiger partial charge in [0.1, 0.15) is 17.3 Å². The maximum Gasteiger partial charge on any atom is 0.254 e. The second kappa shape index (κ2) is 4.68. The van der Waals surface area contributed by atoms with Crippen LogP contribution in [0.15, 0.2) is 30.6 Å². The number of hydrogen-bond donors (Lipinski definition) is 1. The van der Waals surface area contributed by atoms with Crippen LogP contribution in [0.2, 0.25) is 0 Å². The number of pyridine rings is 1. The number of nitriles is 1. The third-order valence-corrected chi connectivity index (χ3v) is 3.09. The summed E-state index contributed by atoms with van der Waals surface area (Å²) in [5, 5.41) is 12.9. The van der Waals surface area contributed by atoms with E-state index < -0.39 is 5.91 Å². The number of nitrogens with zero attached hydrogens (tertiary/aromatic N) is 5. The van der Waals surface area contributed by atoms with Crippen LogP contribution in [-0.4, -0.2) is 25.5 Å². The molecule has 0 aliphatic carbocycles. The normalized spacial score (nSPS) is 10.5. The average Bonchev–Trinajstić information content (AvgIpc) is 2.92. The fourth-order valence-corrected chi connectivity index (χ4v) is 2.05. The van der Waals surface area contributed by atoms with Gasteiger partial charge in [0, 0.05) is 17.5 Å². The van der Waals surface area contributed by atoms with Gasteiger partial charge < -0.3 is 5.73 Å². The van der Waals surface area contributed by atoms with Crippen molar-refractivity contribution >= 4 is 11.6 Å². The molecule has 7 nitrogen and oxygen atoms in total. The number of hydrogen-bond acceptors (Lipinski definition) is 5. The molecule has 102 valence electrons. The molecule has 3 aromatic heterocycles. The van der Waals surface area contributed by atoms with Crippen molar-refractivity contribution in [2.24, 2.45) is 5.73 Å². The highest BCUT2D eigenvalue weighted by atomic mass is 16.1. The number of rotatable bonds is 2. The van der Waals surface area contributed by atoms with Crippen molar-refractivity contribution in [2.75, 3.05) is 0 Å². The summed E-state index contributed by atoms with van der Waals surface area (Å²) in [6.45, 7) is 1.85. The minimum atomic E-state index is -0.577. The van der Waals surface area contributed by atoms with E-state index in [-0.39, 0.29) is 5.56 Å². The first-order valence-corrected chi connectivity index (χ1v) is 6.12. The molecule has 3 heterocycles. The van der Waals surface area contributed by atoms with Gasteiger partial charge >= 0.3 is 0 Å². The Bertz CT molecular complexity index is 888. The SMILES string of the molecule is Cc1cc(-c2ccc(C#N)nc2)nc2c(C(N)=O)cnn12. The van der Waals surface area contributed by atoms with E-state index in [2.05, 4.69) is 15.1 Å². The Morgan fingerprint density at radius 2 is 2.19 bits per heavy atom. The highest BCUT2D eigenvalue weighted by Crippen LogP contribution is 2.20. The molecule has 3 rings (SSSR count). The van der Waals surface area contributed by atoms with E-state index in [9.17, 15) is 4.79 Å². The lowest BCUT2D eigenvalue weighted by Crippen LogP contribution is -2.11. The van der Waals surface area contributed by atoms with Gasteiger partial charge in [-0.3, -0.25) is 4.79 Å². The fraction of sp³-hybridized carbons (Fsp3) is 0.0714. The molecule has 0 bridgehead atoms. The molecule has 0 aliphatic rings. The quantitative estimate of drug-likeness (QED) is 0.753. The molecule has 1 amide bonds. The number of aryl methyl sites for hydroxylation is 1. The monoisotopic (exact) mass is 278 g/mol. The molecule has 0 aliphatic heterocycles. The molecular formula is C14H10N6O. The molecule has 0 spiro atoms. The summed E-state index contributed by atoms with van der Waals surface area (Å²) in [5.74, 6) is -0.577. The zero-order valence-corrected chi connectivity index (χ0v) is 11.1. The lowest BCUT2D eigenvalue weighted by Gasteiger charge is -2.05. The van der Waals surface area contributed by atoms with Crippen LogP contribution in [0, 0.1) is 18.3 Å². The number of nitrogens with two attached hydrogens (primary N) is 1. The van der Waals surface area contributed by atoms with Crippen LogP contribution in [-0.2, 0) is 0 Å². The summed E-state index contributed by atoms with van der Waals surface area (Å²) < 4.78 is 1.56. The smallest absolute Gasteiger partial charge is 0.254 e. The van der Waals surface area contributed by atoms with Gasteiger partial charge in [0.05, 0.1) is 11.9 Å². The van der Waals surface area contributed by atoms with Gasteiger partial charge in [-0.2, -0.15) is 10.4 Å². The van der Waals surface area contributed by atoms with Gasteiger partial charge in [-0.25, -0.2) is 14.5 Å². The van der Waals surface area contributed by atoms with E-state index in [0.29, 0.717) is 17.0 Å². The molecule has 0 atom stereocenters. The molecule has 0 saturated heterocycles. The summed E-state index contributed by atoms with van der Waals surface area (Å²) in [6.07, 6.45) is 2.97. The standard InChI is InChI=1S/C14H10N6O/c1-8-4-12(9-2-3-10(5-15)17-6-9)19-14-11(13(16)21)7-18-20(8)14/h2-4,6-7H,1H3,(H2,16,21). The zero-order valence-electron chi connectivity index (χ0n) is 11.1. The van der Waals surface area contributed by atoms with Crippen molar-refractivity contribution in [1.82, 2.24) is 19.6 Å². The Morgan fingerprint density at radius 3 is 2.81 bits per heavy atom. The first-order valence-electron chi connectivity index (χ1n) is 6.12. The van der Waals surface area contributed by atoms with Gasteiger partial charge in [0.2, 0.25) is 0 Å². The Labute approximate surface area is 119 Å². The molecule has 7 heteroatoms. The first-order chi connectivity index (χ1) is 10.1. The topological polar surface area (TPSA) is 110 Å². The Balaban J connectivity index is 2.21. The van der Waals surface area contributed by atoms with Crippen LogP contribution in [0.25, 0.3) is 16.9 Å². The number of amides is 1. The minimum Gasteiger partial charge on any atom is -0.365 e. The Hall–Kier alpha value is -3.27. The van der Waals surface area contributed by atoms with Crippen LogP contribution < -0.4 is 5.73 Å². The highest BCUT2D eigenvalue weighted by molar-refractivity contribution is 5.98. The molecule has 0 saturated carbocycles. The molecule has 0 radical (unpaired) electrons. The third kappa shape index (κ3) is 2.08. The highest BCUT2D eigenvalue weighted by Gasteiger charge is 2.14. The molecule has 3 aromatic rings. The Kier molecular flexibility index (Phi) is 2.84. The van der Waals surface area contributed by atoms with E-state index in [4.69, 9.17) is 11.0 Å². The van der Waals surface area contributed by atoms with Crippen LogP contribution in [0.4, 0.5) is 0 Å². The predicted molar refractivity (Wildman–Crippen MR) is 74.2 cm³/mol. The maximum atomic E-state index is 11.4. The summed E-state index contributed by atoms with van der Waals surface area (Å²) in [6, 6.07) is 7.15. The van der Waals surface area contributed by atoms with E-state index >= 15 is 0 Å². The molecule has 0 aromatic carbocycles. The Morgan fingerprint density at radius 1 is 1.38 bits per heavy atom. The van der Waals surface area contributed by atoms with E-state index in [1.807, 2.05) is 19.1 Å². The zero-order chi connectivity index (χ0) is 15.0. The van der Waals surface area contributed by atoms with E-state index in [0.717, 1.165) is 11.3 Å². The first kappa shape index (κ1) is 12.7. The summed E-state index contributed by atoms with van der Waals surface area (Å²) in [4.78, 5) is 19.8. The lowest BCUT2D eigenvalue weighted by atomic mass is 10.1. The van der Waals surface area contributed by atoms with Crippen molar-refractivity contribution in [1.29, 1.82) is 5.26 Å². The second-order valence-electron chi connectivity index (χ2n) is 4.48. The second-order valence-corrected chi connectivity index (χ2v) is 4.48. The fourth-order valence-electron chi connectivity index (χ4n) is 2.05. The molecule has 0 fully saturated rings. The summed E-state index contributed by atoms with van der Waals surface area (Å²) in [5.41, 5.74) is 8.52. The van der Waals surface area contributed by atoms with Crippen LogP contribution in [0.3, 0.4) is 0 Å². The van der Waals surface area contributed by atoms with Crippen molar-refractivity contribution < 1.29 is 4.79 Å². The van der Waals surface area contributed by atoms with Crippen LogP contribution in [0.1, 0.15) is 21.7 Å². The van der Waals surface area contributed by atoms with E-state index in [1.54, 1.807) is 22.8 Å². The number of carbonyl (C=O) groups is 1.